The first kappa shape index (κ1) is 7.54. The third-order valence-electron chi connectivity index (χ3n) is 1.05. The van der Waals surface area contributed by atoms with Gasteiger partial charge in [0.25, 0.3) is 0 Å². The van der Waals surface area contributed by atoms with Crippen molar-refractivity contribution in [2.45, 2.75) is 0 Å². The predicted molar refractivity (Wildman–Crippen MR) is 43.5 cm³/mol. The van der Waals surface area contributed by atoms with E-state index in [2.05, 4.69) is 0 Å². The molecule has 9 heavy (non-hydrogen) atoms. The van der Waals surface area contributed by atoms with Gasteiger partial charge in [0, 0.05) is 0 Å². The Morgan fingerprint density at radius 2 is 1.56 bits per heavy atom. The number of benzene rings is 1. The average molecular weight is 218 g/mol. The van der Waals surface area contributed by atoms with Crippen molar-refractivity contribution in [1.29, 1.82) is 0 Å². The molecule has 0 nitrogen and oxygen atoms in total. The second-order valence-corrected chi connectivity index (χ2v) is 10.1. The molecule has 0 radical (unpaired) electrons. The average Bonchev–Trinajstić information content (AvgIpc) is 1.90. The minimum atomic E-state index is -2.00. The molecule has 0 saturated heterocycles. The van der Waals surface area contributed by atoms with Crippen LogP contribution in [0, 0.1) is 0 Å². The summed E-state index contributed by atoms with van der Waals surface area (Å²) in [6.45, 7) is 0. The first-order valence-corrected chi connectivity index (χ1v) is 10.2. The fourth-order valence-electron chi connectivity index (χ4n) is 0.599. The van der Waals surface area contributed by atoms with Gasteiger partial charge in [0.1, 0.15) is 0 Å². The summed E-state index contributed by atoms with van der Waals surface area (Å²) in [7, 11) is 11.5. The van der Waals surface area contributed by atoms with Crippen LogP contribution in [0.5, 0.6) is 0 Å². The van der Waals surface area contributed by atoms with Gasteiger partial charge in [0.05, 0.1) is 0 Å². The molecule has 1 aromatic carbocycles. The fraction of sp³-hybridized carbons (Fsp3) is 0. The van der Waals surface area contributed by atoms with Crippen molar-refractivity contribution in [2.75, 3.05) is 0 Å². The van der Waals surface area contributed by atoms with Crippen LogP contribution in [0.2, 0.25) is 0 Å². The van der Waals surface area contributed by atoms with Crippen LogP contribution in [-0.2, 0) is 0 Å². The van der Waals surface area contributed by atoms with E-state index in [4.69, 9.17) is 19.3 Å². The first-order chi connectivity index (χ1) is 4.30. The quantitative estimate of drug-likeness (QED) is 0.630. The fourth-order valence-corrected chi connectivity index (χ4v) is 3.19. The zero-order chi connectivity index (χ0) is 6.69. The molecule has 0 aliphatic rings. The Morgan fingerprint density at radius 3 is 1.89 bits per heavy atom. The Morgan fingerprint density at radius 1 is 1.00 bits per heavy atom. The maximum atomic E-state index is 5.76. The predicted octanol–water partition coefficient (Wildman–Crippen LogP) is 1.86. The van der Waals surface area contributed by atoms with Crippen LogP contribution in [0.4, 0.5) is 0 Å². The van der Waals surface area contributed by atoms with Crippen LogP contribution < -0.4 is 4.12 Å². The molecule has 0 heterocycles. The molecule has 0 spiro atoms. The molecule has 0 N–H and O–H groups in total. The van der Waals surface area contributed by atoms with E-state index in [1.165, 1.54) is 0 Å². The van der Waals surface area contributed by atoms with Crippen LogP contribution >= 0.6 is 19.3 Å². The maximum absolute atomic E-state index is 5.76. The van der Waals surface area contributed by atoms with Gasteiger partial charge >= 0.3 is 67.9 Å². The van der Waals surface area contributed by atoms with E-state index in [1.807, 2.05) is 30.3 Å². The van der Waals surface area contributed by atoms with Crippen molar-refractivity contribution >= 4 is 37.6 Å². The summed E-state index contributed by atoms with van der Waals surface area (Å²) in [5, 5.41) is 0. The molecule has 46 valence electrons. The van der Waals surface area contributed by atoms with E-state index in [-0.39, 0.29) is 0 Å². The molecular formula is C6H5Cl2Ga. The minimum absolute atomic E-state index is 1.13. The number of rotatable bonds is 1. The normalized spacial score (nSPS) is 9.11. The SMILES string of the molecule is [Cl][Ga]([Cl])[c]1ccccc1. The Hall–Kier alpha value is 0.436. The summed E-state index contributed by atoms with van der Waals surface area (Å²) < 4.78 is 1.13. The van der Waals surface area contributed by atoms with Gasteiger partial charge < -0.3 is 0 Å². The molecule has 0 unspecified atom stereocenters. The van der Waals surface area contributed by atoms with Gasteiger partial charge in [-0.1, -0.05) is 0 Å². The molecule has 1 aromatic rings. The summed E-state index contributed by atoms with van der Waals surface area (Å²) in [6.07, 6.45) is 0. The molecule has 0 fully saturated rings. The van der Waals surface area contributed by atoms with Crippen molar-refractivity contribution < 1.29 is 0 Å². The number of halogens is 2. The summed E-state index contributed by atoms with van der Waals surface area (Å²) in [5.41, 5.74) is 0. The van der Waals surface area contributed by atoms with Crippen LogP contribution in [0.3, 0.4) is 0 Å². The summed E-state index contributed by atoms with van der Waals surface area (Å²) in [4.78, 5) is 0. The second-order valence-electron chi connectivity index (χ2n) is 1.71. The van der Waals surface area contributed by atoms with Gasteiger partial charge in [-0.3, -0.25) is 0 Å². The Kier molecular flexibility index (Phi) is 2.99. The Bertz CT molecular complexity index is 174. The van der Waals surface area contributed by atoms with Crippen molar-refractivity contribution in [3.63, 3.8) is 0 Å². The molecule has 0 aliphatic carbocycles. The molecule has 1 rings (SSSR count). The van der Waals surface area contributed by atoms with Gasteiger partial charge in [-0.15, -0.1) is 0 Å². The molecule has 0 atom stereocenters. The Labute approximate surface area is 67.9 Å². The van der Waals surface area contributed by atoms with E-state index in [0.29, 0.717) is 0 Å². The van der Waals surface area contributed by atoms with Crippen molar-refractivity contribution in [1.82, 2.24) is 0 Å². The second kappa shape index (κ2) is 3.57. The van der Waals surface area contributed by atoms with Gasteiger partial charge in [0.2, 0.25) is 0 Å². The third-order valence-corrected chi connectivity index (χ3v) is 5.54. The molecule has 0 saturated carbocycles. The zero-order valence-corrected chi connectivity index (χ0v) is 8.65. The summed E-state index contributed by atoms with van der Waals surface area (Å²) in [5.74, 6) is 0. The van der Waals surface area contributed by atoms with Gasteiger partial charge in [-0.05, 0) is 0 Å². The van der Waals surface area contributed by atoms with E-state index in [9.17, 15) is 0 Å². The van der Waals surface area contributed by atoms with E-state index in [0.717, 1.165) is 4.12 Å². The van der Waals surface area contributed by atoms with E-state index in [1.54, 1.807) is 0 Å². The molecular weight excluding hydrogens is 213 g/mol. The molecule has 0 aromatic heterocycles. The molecule has 0 aliphatic heterocycles. The van der Waals surface area contributed by atoms with E-state index >= 15 is 0 Å². The molecule has 3 heteroatoms. The number of hydrogen-bond acceptors (Lipinski definition) is 0. The summed E-state index contributed by atoms with van der Waals surface area (Å²) in [6, 6.07) is 9.83. The van der Waals surface area contributed by atoms with Crippen molar-refractivity contribution in [2.24, 2.45) is 0 Å². The van der Waals surface area contributed by atoms with Gasteiger partial charge in [-0.25, -0.2) is 0 Å². The first-order valence-electron chi connectivity index (χ1n) is 2.64. The monoisotopic (exact) mass is 216 g/mol. The number of hydrogen-bond donors (Lipinski definition) is 0. The molecule has 0 amide bonds. The van der Waals surface area contributed by atoms with Crippen LogP contribution in [0.1, 0.15) is 0 Å². The van der Waals surface area contributed by atoms with Crippen LogP contribution in [0.25, 0.3) is 0 Å². The summed E-state index contributed by atoms with van der Waals surface area (Å²) >= 11 is -2.00. The third kappa shape index (κ3) is 2.26. The van der Waals surface area contributed by atoms with E-state index < -0.39 is 14.2 Å². The molecule has 0 bridgehead atoms. The topological polar surface area (TPSA) is 0 Å². The van der Waals surface area contributed by atoms with Crippen molar-refractivity contribution in [3.05, 3.63) is 30.3 Å². The van der Waals surface area contributed by atoms with Gasteiger partial charge in [0.15, 0.2) is 0 Å². The van der Waals surface area contributed by atoms with Crippen molar-refractivity contribution in [3.8, 4) is 0 Å². The van der Waals surface area contributed by atoms with Crippen LogP contribution in [0.15, 0.2) is 30.3 Å². The van der Waals surface area contributed by atoms with Crippen LogP contribution in [-0.4, -0.2) is 14.2 Å². The van der Waals surface area contributed by atoms with Gasteiger partial charge in [-0.2, -0.15) is 0 Å². The Balaban J connectivity index is 2.85. The zero-order valence-electron chi connectivity index (χ0n) is 4.72. The standard InChI is InChI=1S/C6H5.2ClH.Ga/c1-2-4-6-5-3-1;;;/h1-5H;2*1H;/q;;;+2/p-2.